The number of hydrogen-bond acceptors (Lipinski definition) is 3. The van der Waals surface area contributed by atoms with Gasteiger partial charge < -0.3 is 10.5 Å². The maximum Gasteiger partial charge on any atom is 0.305 e. The predicted molar refractivity (Wildman–Crippen MR) is 57.9 cm³/mol. The molecule has 0 aromatic carbocycles. The van der Waals surface area contributed by atoms with Crippen molar-refractivity contribution < 1.29 is 9.53 Å². The van der Waals surface area contributed by atoms with Gasteiger partial charge in [0, 0.05) is 12.5 Å². The average Bonchev–Trinajstić information content (AvgIpc) is 2.16. The van der Waals surface area contributed by atoms with Crippen molar-refractivity contribution >= 4 is 5.97 Å². The normalized spacial score (nSPS) is 14.9. The number of esters is 1. The Kier molecular flexibility index (Phi) is 7.48. The van der Waals surface area contributed by atoms with Crippen molar-refractivity contribution in [3.05, 3.63) is 0 Å². The van der Waals surface area contributed by atoms with E-state index in [1.54, 1.807) is 0 Å². The highest BCUT2D eigenvalue weighted by Crippen LogP contribution is 2.16. The van der Waals surface area contributed by atoms with E-state index in [0.29, 0.717) is 12.3 Å². The van der Waals surface area contributed by atoms with Crippen molar-refractivity contribution in [3.63, 3.8) is 0 Å². The van der Waals surface area contributed by atoms with Gasteiger partial charge in [0.15, 0.2) is 0 Å². The zero-order valence-corrected chi connectivity index (χ0v) is 9.58. The van der Waals surface area contributed by atoms with Crippen LogP contribution in [0.4, 0.5) is 0 Å². The van der Waals surface area contributed by atoms with Gasteiger partial charge in [-0.05, 0) is 25.7 Å². The van der Waals surface area contributed by atoms with Crippen LogP contribution in [0.1, 0.15) is 46.0 Å². The quantitative estimate of drug-likeness (QED) is 0.507. The fourth-order valence-corrected chi connectivity index (χ4v) is 1.62. The zero-order chi connectivity index (χ0) is 11.0. The van der Waals surface area contributed by atoms with Crippen LogP contribution in [0.15, 0.2) is 0 Å². The number of carbonyl (C=O) groups excluding carboxylic acids is 1. The van der Waals surface area contributed by atoms with E-state index in [9.17, 15) is 4.79 Å². The van der Waals surface area contributed by atoms with Crippen LogP contribution in [-0.2, 0) is 9.53 Å². The van der Waals surface area contributed by atoms with Crippen LogP contribution in [0.3, 0.4) is 0 Å². The molecule has 0 rings (SSSR count). The van der Waals surface area contributed by atoms with E-state index >= 15 is 0 Å². The Morgan fingerprint density at radius 1 is 1.43 bits per heavy atom. The molecule has 84 valence electrons. The molecule has 14 heavy (non-hydrogen) atoms. The van der Waals surface area contributed by atoms with Gasteiger partial charge in [-0.3, -0.25) is 4.79 Å². The second-order valence-corrected chi connectivity index (χ2v) is 3.85. The lowest BCUT2D eigenvalue weighted by Crippen LogP contribution is -2.25. The average molecular weight is 201 g/mol. The summed E-state index contributed by atoms with van der Waals surface area (Å²) in [5.74, 6) is 0.478. The minimum Gasteiger partial charge on any atom is -0.469 e. The van der Waals surface area contributed by atoms with Gasteiger partial charge >= 0.3 is 5.97 Å². The fraction of sp³-hybridized carbons (Fsp3) is 0.909. The minimum absolute atomic E-state index is 0.112. The summed E-state index contributed by atoms with van der Waals surface area (Å²) in [6, 6.07) is 0.262. The number of nitrogens with two attached hydrogens (primary N) is 1. The molecule has 0 aliphatic heterocycles. The van der Waals surface area contributed by atoms with E-state index in [1.807, 2.05) is 0 Å². The van der Waals surface area contributed by atoms with Crippen LogP contribution in [0.2, 0.25) is 0 Å². The van der Waals surface area contributed by atoms with Crippen molar-refractivity contribution in [1.82, 2.24) is 0 Å². The smallest absolute Gasteiger partial charge is 0.305 e. The number of unbranched alkanes of at least 4 members (excludes halogenated alkanes) is 1. The number of ether oxygens (including phenoxy) is 1. The lowest BCUT2D eigenvalue weighted by atomic mass is 9.93. The largest absolute Gasteiger partial charge is 0.469 e. The highest BCUT2D eigenvalue weighted by atomic mass is 16.5. The topological polar surface area (TPSA) is 52.3 Å². The summed E-state index contributed by atoms with van der Waals surface area (Å²) >= 11 is 0. The maximum absolute atomic E-state index is 10.8. The number of hydrogen-bond donors (Lipinski definition) is 1. The lowest BCUT2D eigenvalue weighted by molar-refractivity contribution is -0.140. The van der Waals surface area contributed by atoms with Gasteiger partial charge in [-0.1, -0.05) is 19.8 Å². The molecule has 2 unspecified atom stereocenters. The van der Waals surface area contributed by atoms with Gasteiger partial charge in [0.1, 0.15) is 0 Å². The summed E-state index contributed by atoms with van der Waals surface area (Å²) in [7, 11) is 1.43. The Morgan fingerprint density at radius 3 is 2.50 bits per heavy atom. The first-order valence-electron chi connectivity index (χ1n) is 5.44. The van der Waals surface area contributed by atoms with E-state index in [2.05, 4.69) is 18.6 Å². The van der Waals surface area contributed by atoms with E-state index in [1.165, 1.54) is 7.11 Å². The third kappa shape index (κ3) is 5.97. The van der Waals surface area contributed by atoms with Crippen LogP contribution in [-0.4, -0.2) is 19.1 Å². The summed E-state index contributed by atoms with van der Waals surface area (Å²) < 4.78 is 4.57. The molecule has 0 saturated carbocycles. The second-order valence-electron chi connectivity index (χ2n) is 3.85. The number of rotatable bonds is 7. The van der Waals surface area contributed by atoms with E-state index in [4.69, 9.17) is 5.73 Å². The second kappa shape index (κ2) is 7.80. The predicted octanol–water partition coefficient (Wildman–Crippen LogP) is 2.09. The Labute approximate surface area is 87.0 Å². The van der Waals surface area contributed by atoms with E-state index in [0.717, 1.165) is 25.7 Å². The van der Waals surface area contributed by atoms with Crippen molar-refractivity contribution in [2.75, 3.05) is 7.11 Å². The molecule has 2 N–H and O–H groups in total. The molecule has 0 bridgehead atoms. The highest BCUT2D eigenvalue weighted by Gasteiger charge is 2.10. The molecular weight excluding hydrogens is 178 g/mol. The van der Waals surface area contributed by atoms with Crippen LogP contribution in [0.25, 0.3) is 0 Å². The maximum atomic E-state index is 10.8. The molecule has 0 radical (unpaired) electrons. The Hall–Kier alpha value is -0.570. The first kappa shape index (κ1) is 13.4. The third-order valence-corrected chi connectivity index (χ3v) is 2.70. The SMILES string of the molecule is CCC(CCCCC(=O)OC)C(C)N. The molecule has 0 heterocycles. The molecule has 0 fully saturated rings. The van der Waals surface area contributed by atoms with Crippen LogP contribution < -0.4 is 5.73 Å². The molecule has 0 aliphatic rings. The molecule has 0 spiro atoms. The molecular formula is C11H23NO2. The Bertz CT molecular complexity index is 157. The van der Waals surface area contributed by atoms with Gasteiger partial charge in [-0.25, -0.2) is 0 Å². The summed E-state index contributed by atoms with van der Waals surface area (Å²) in [5.41, 5.74) is 5.82. The van der Waals surface area contributed by atoms with Gasteiger partial charge in [0.25, 0.3) is 0 Å². The summed E-state index contributed by atoms with van der Waals surface area (Å²) in [6.45, 7) is 4.21. The highest BCUT2D eigenvalue weighted by molar-refractivity contribution is 5.68. The molecule has 0 aromatic rings. The Balaban J connectivity index is 3.47. The molecule has 3 heteroatoms. The van der Waals surface area contributed by atoms with Gasteiger partial charge in [-0.2, -0.15) is 0 Å². The zero-order valence-electron chi connectivity index (χ0n) is 9.58. The third-order valence-electron chi connectivity index (χ3n) is 2.70. The first-order chi connectivity index (χ1) is 6.61. The molecule has 0 saturated heterocycles. The molecule has 0 amide bonds. The fourth-order valence-electron chi connectivity index (χ4n) is 1.62. The van der Waals surface area contributed by atoms with Crippen LogP contribution >= 0.6 is 0 Å². The van der Waals surface area contributed by atoms with Crippen molar-refractivity contribution in [2.24, 2.45) is 11.7 Å². The molecule has 0 aromatic heterocycles. The summed E-state index contributed by atoms with van der Waals surface area (Å²) in [6.07, 6.45) is 4.75. The van der Waals surface area contributed by atoms with E-state index < -0.39 is 0 Å². The molecule has 3 nitrogen and oxygen atoms in total. The summed E-state index contributed by atoms with van der Waals surface area (Å²) in [4.78, 5) is 10.8. The Morgan fingerprint density at radius 2 is 2.07 bits per heavy atom. The monoisotopic (exact) mass is 201 g/mol. The van der Waals surface area contributed by atoms with Gasteiger partial charge in [0.05, 0.1) is 7.11 Å². The minimum atomic E-state index is -0.112. The number of methoxy groups -OCH3 is 1. The standard InChI is InChI=1S/C11H23NO2/c1-4-10(9(2)12)7-5-6-8-11(13)14-3/h9-10H,4-8,12H2,1-3H3. The van der Waals surface area contributed by atoms with E-state index in [-0.39, 0.29) is 12.0 Å². The van der Waals surface area contributed by atoms with Crippen molar-refractivity contribution in [1.29, 1.82) is 0 Å². The van der Waals surface area contributed by atoms with Crippen LogP contribution in [0, 0.1) is 5.92 Å². The number of carbonyl (C=O) groups is 1. The summed E-state index contributed by atoms with van der Waals surface area (Å²) in [5, 5.41) is 0. The molecule has 2 atom stereocenters. The van der Waals surface area contributed by atoms with Crippen molar-refractivity contribution in [2.45, 2.75) is 52.0 Å². The lowest BCUT2D eigenvalue weighted by Gasteiger charge is -2.18. The first-order valence-corrected chi connectivity index (χ1v) is 5.44. The van der Waals surface area contributed by atoms with Gasteiger partial charge in [-0.15, -0.1) is 0 Å². The molecule has 0 aliphatic carbocycles. The van der Waals surface area contributed by atoms with Crippen molar-refractivity contribution in [3.8, 4) is 0 Å². The van der Waals surface area contributed by atoms with Crippen LogP contribution in [0.5, 0.6) is 0 Å². The van der Waals surface area contributed by atoms with Gasteiger partial charge in [0.2, 0.25) is 0 Å².